The van der Waals surface area contributed by atoms with Crippen LogP contribution in [-0.2, 0) is 4.84 Å². The molecule has 0 radical (unpaired) electrons. The van der Waals surface area contributed by atoms with E-state index in [0.717, 1.165) is 0 Å². The van der Waals surface area contributed by atoms with Crippen LogP contribution < -0.4 is 5.73 Å². The van der Waals surface area contributed by atoms with Crippen LogP contribution in [0.25, 0.3) is 0 Å². The Morgan fingerprint density at radius 3 is 3.00 bits per heavy atom. The van der Waals surface area contributed by atoms with Crippen molar-refractivity contribution in [3.8, 4) is 0 Å². The minimum atomic E-state index is -0.0695. The van der Waals surface area contributed by atoms with Crippen LogP contribution in [-0.4, -0.2) is 18.9 Å². The Balaban J connectivity index is 3.18. The van der Waals surface area contributed by atoms with Crippen molar-refractivity contribution in [3.05, 3.63) is 11.6 Å². The van der Waals surface area contributed by atoms with E-state index >= 15 is 0 Å². The van der Waals surface area contributed by atoms with E-state index in [-0.39, 0.29) is 6.04 Å². The summed E-state index contributed by atoms with van der Waals surface area (Å²) in [5.74, 6) is 0. The average Bonchev–Trinajstić information content (AvgIpc) is 1.87. The first kappa shape index (κ1) is 9.46. The van der Waals surface area contributed by atoms with Crippen molar-refractivity contribution in [2.45, 2.75) is 13.0 Å². The summed E-state index contributed by atoms with van der Waals surface area (Å²) in [6.45, 7) is 2.19. The van der Waals surface area contributed by atoms with Gasteiger partial charge in [-0.1, -0.05) is 16.8 Å². The molecule has 10 heavy (non-hydrogen) atoms. The lowest BCUT2D eigenvalue weighted by molar-refractivity contribution is 0.175. The molecule has 4 heteroatoms. The minimum absolute atomic E-state index is 0.0695. The van der Waals surface area contributed by atoms with Crippen LogP contribution >= 0.6 is 11.6 Å². The molecule has 0 aromatic rings. The lowest BCUT2D eigenvalue weighted by atomic mass is 10.4. The van der Waals surface area contributed by atoms with Gasteiger partial charge in [0.15, 0.2) is 0 Å². The monoisotopic (exact) mass is 162 g/mol. The van der Waals surface area contributed by atoms with E-state index < -0.39 is 0 Å². The summed E-state index contributed by atoms with van der Waals surface area (Å²) < 4.78 is 0. The highest BCUT2D eigenvalue weighted by Crippen LogP contribution is 1.81. The van der Waals surface area contributed by atoms with Gasteiger partial charge in [-0.3, -0.25) is 0 Å². The topological polar surface area (TPSA) is 47.6 Å². The van der Waals surface area contributed by atoms with Gasteiger partial charge in [0.1, 0.15) is 6.61 Å². The Kier molecular flexibility index (Phi) is 6.22. The molecule has 0 heterocycles. The third-order valence-electron chi connectivity index (χ3n) is 0.630. The van der Waals surface area contributed by atoms with Gasteiger partial charge in [0.25, 0.3) is 0 Å². The highest BCUT2D eigenvalue weighted by molar-refractivity contribution is 6.25. The summed E-state index contributed by atoms with van der Waals surface area (Å²) in [5.41, 5.74) is 6.71. The van der Waals surface area contributed by atoms with Crippen molar-refractivity contribution in [1.29, 1.82) is 0 Å². The molecule has 0 aromatic heterocycles. The van der Waals surface area contributed by atoms with Crippen molar-refractivity contribution >= 4 is 17.8 Å². The van der Waals surface area contributed by atoms with Gasteiger partial charge in [0, 0.05) is 11.6 Å². The Bertz CT molecular complexity index is 123. The van der Waals surface area contributed by atoms with Crippen LogP contribution in [0.1, 0.15) is 6.92 Å². The summed E-state index contributed by atoms with van der Waals surface area (Å²) in [4.78, 5) is 4.70. The molecule has 0 amide bonds. The molecule has 0 spiro atoms. The van der Waals surface area contributed by atoms with Crippen LogP contribution in [0, 0.1) is 0 Å². The molecule has 0 aromatic carbocycles. The summed E-state index contributed by atoms with van der Waals surface area (Å²) >= 11 is 5.21. The normalized spacial score (nSPS) is 14.7. The first-order valence-electron chi connectivity index (χ1n) is 2.93. The smallest absolute Gasteiger partial charge is 0.136 e. The molecule has 2 N–H and O–H groups in total. The zero-order chi connectivity index (χ0) is 7.82. The molecule has 3 nitrogen and oxygen atoms in total. The van der Waals surface area contributed by atoms with E-state index in [2.05, 4.69) is 5.16 Å². The van der Waals surface area contributed by atoms with Crippen molar-refractivity contribution in [3.63, 3.8) is 0 Å². The number of nitrogens with zero attached hydrogens (tertiary/aromatic N) is 1. The third kappa shape index (κ3) is 7.46. The van der Waals surface area contributed by atoms with Gasteiger partial charge in [-0.25, -0.2) is 0 Å². The van der Waals surface area contributed by atoms with E-state index in [1.54, 1.807) is 6.08 Å². The van der Waals surface area contributed by atoms with Crippen molar-refractivity contribution in [1.82, 2.24) is 0 Å². The Morgan fingerprint density at radius 2 is 2.50 bits per heavy atom. The van der Waals surface area contributed by atoms with Crippen molar-refractivity contribution in [2.24, 2.45) is 10.9 Å². The number of rotatable bonds is 4. The van der Waals surface area contributed by atoms with E-state index in [9.17, 15) is 0 Å². The number of halogens is 1. The van der Waals surface area contributed by atoms with E-state index in [1.165, 1.54) is 11.7 Å². The predicted octanol–water partition coefficient (Wildman–Crippen LogP) is 1.09. The quantitative estimate of drug-likeness (QED) is 0.382. The molecule has 0 saturated heterocycles. The number of oxime groups is 1. The Hall–Kier alpha value is -0.540. The molecule has 58 valence electrons. The van der Waals surface area contributed by atoms with Crippen molar-refractivity contribution in [2.75, 3.05) is 6.61 Å². The van der Waals surface area contributed by atoms with Gasteiger partial charge in [0.2, 0.25) is 0 Å². The van der Waals surface area contributed by atoms with Gasteiger partial charge in [-0.05, 0) is 13.0 Å². The van der Waals surface area contributed by atoms with Crippen LogP contribution in [0.4, 0.5) is 0 Å². The highest BCUT2D eigenvalue weighted by Gasteiger charge is 1.82. The molecule has 0 saturated carbocycles. The molecule has 0 bridgehead atoms. The van der Waals surface area contributed by atoms with Crippen LogP contribution in [0.15, 0.2) is 16.8 Å². The molecule has 0 fully saturated rings. The first-order chi connectivity index (χ1) is 4.77. The van der Waals surface area contributed by atoms with Gasteiger partial charge in [-0.15, -0.1) is 0 Å². The summed E-state index contributed by atoms with van der Waals surface area (Å²) in [7, 11) is 0. The lowest BCUT2D eigenvalue weighted by Crippen LogP contribution is -2.16. The molecular weight excluding hydrogens is 152 g/mol. The molecule has 0 rings (SSSR count). The maximum absolute atomic E-state index is 5.33. The SMILES string of the molecule is CC(N)/C=N/OC/C=C\Cl. The average molecular weight is 163 g/mol. The third-order valence-corrected chi connectivity index (χ3v) is 0.809. The zero-order valence-corrected chi connectivity index (χ0v) is 6.58. The van der Waals surface area contributed by atoms with Gasteiger partial charge in [-0.2, -0.15) is 0 Å². The van der Waals surface area contributed by atoms with E-state index in [4.69, 9.17) is 22.2 Å². The second kappa shape index (κ2) is 6.58. The molecule has 0 aliphatic heterocycles. The molecular formula is C6H11ClN2O. The van der Waals surface area contributed by atoms with Crippen LogP contribution in [0.5, 0.6) is 0 Å². The summed E-state index contributed by atoms with van der Waals surface area (Å²) in [6.07, 6.45) is 3.15. The zero-order valence-electron chi connectivity index (χ0n) is 5.83. The van der Waals surface area contributed by atoms with E-state index in [0.29, 0.717) is 6.61 Å². The number of nitrogens with two attached hydrogens (primary N) is 1. The van der Waals surface area contributed by atoms with Crippen LogP contribution in [0.2, 0.25) is 0 Å². The van der Waals surface area contributed by atoms with Gasteiger partial charge >= 0.3 is 0 Å². The Morgan fingerprint density at radius 1 is 1.80 bits per heavy atom. The minimum Gasteiger partial charge on any atom is -0.392 e. The molecule has 1 atom stereocenters. The van der Waals surface area contributed by atoms with Gasteiger partial charge in [0.05, 0.1) is 6.21 Å². The fraction of sp³-hybridized carbons (Fsp3) is 0.500. The summed E-state index contributed by atoms with van der Waals surface area (Å²) in [6, 6.07) is -0.0695. The maximum atomic E-state index is 5.33. The second-order valence-electron chi connectivity index (χ2n) is 1.77. The van der Waals surface area contributed by atoms with Crippen molar-refractivity contribution < 1.29 is 4.84 Å². The largest absolute Gasteiger partial charge is 0.392 e. The second-order valence-corrected chi connectivity index (χ2v) is 2.02. The maximum Gasteiger partial charge on any atom is 0.136 e. The number of hydrogen-bond acceptors (Lipinski definition) is 3. The highest BCUT2D eigenvalue weighted by atomic mass is 35.5. The number of hydrogen-bond donors (Lipinski definition) is 1. The van der Waals surface area contributed by atoms with Crippen LogP contribution in [0.3, 0.4) is 0 Å². The lowest BCUT2D eigenvalue weighted by Gasteiger charge is -1.93. The molecule has 1 unspecified atom stereocenters. The predicted molar refractivity (Wildman–Crippen MR) is 43.1 cm³/mol. The standard InChI is InChI=1S/C6H11ClN2O/c1-6(8)5-9-10-4-2-3-7/h2-3,5-6H,4,8H2,1H3/b3-2-,9-5+. The molecule has 0 aliphatic rings. The molecule has 0 aliphatic carbocycles. The fourth-order valence-corrected chi connectivity index (χ4v) is 0.334. The Labute approximate surface area is 65.5 Å². The summed E-state index contributed by atoms with van der Waals surface area (Å²) in [5, 5.41) is 3.55. The van der Waals surface area contributed by atoms with Gasteiger partial charge < -0.3 is 10.6 Å². The van der Waals surface area contributed by atoms with E-state index in [1.807, 2.05) is 6.92 Å². The first-order valence-corrected chi connectivity index (χ1v) is 3.37. The fourth-order valence-electron chi connectivity index (χ4n) is 0.261.